The van der Waals surface area contributed by atoms with E-state index in [9.17, 15) is 4.79 Å². The molecule has 0 radical (unpaired) electrons. The van der Waals surface area contributed by atoms with E-state index in [2.05, 4.69) is 33.0 Å². The van der Waals surface area contributed by atoms with Gasteiger partial charge in [0, 0.05) is 13.2 Å². The first kappa shape index (κ1) is 14.5. The molecule has 100 valence electrons. The van der Waals surface area contributed by atoms with Crippen molar-refractivity contribution in [3.8, 4) is 0 Å². The molecular weight excluding hydrogens is 216 g/mol. The number of nitrogens with one attached hydrogen (secondary N) is 1. The number of carbonyl (C=O) groups is 1. The lowest BCUT2D eigenvalue weighted by molar-refractivity contribution is -0.130. The number of rotatable bonds is 7. The van der Waals surface area contributed by atoms with Crippen LogP contribution >= 0.6 is 0 Å². The Bertz CT molecular complexity index is 244. The lowest BCUT2D eigenvalue weighted by Crippen LogP contribution is -2.36. The van der Waals surface area contributed by atoms with E-state index in [-0.39, 0.29) is 11.9 Å². The zero-order valence-corrected chi connectivity index (χ0v) is 11.5. The monoisotopic (exact) mass is 242 g/mol. The zero-order valence-electron chi connectivity index (χ0n) is 11.5. The van der Waals surface area contributed by atoms with E-state index in [0.29, 0.717) is 31.7 Å². The molecule has 1 aliphatic heterocycles. The van der Waals surface area contributed by atoms with Crippen LogP contribution in [0.4, 0.5) is 0 Å². The summed E-state index contributed by atoms with van der Waals surface area (Å²) in [5, 5.41) is 3.28. The number of carbonyl (C=O) groups excluding carboxylic acids is 1. The molecule has 17 heavy (non-hydrogen) atoms. The molecule has 1 saturated heterocycles. The topological polar surface area (TPSA) is 41.6 Å². The Kier molecular flexibility index (Phi) is 5.92. The van der Waals surface area contributed by atoms with Gasteiger partial charge in [-0.3, -0.25) is 10.1 Å². The van der Waals surface area contributed by atoms with Crippen molar-refractivity contribution in [1.82, 2.24) is 10.2 Å². The third-order valence-corrected chi connectivity index (χ3v) is 3.25. The second-order valence-corrected chi connectivity index (χ2v) is 5.30. The van der Waals surface area contributed by atoms with Crippen molar-refractivity contribution in [1.29, 1.82) is 0 Å². The van der Waals surface area contributed by atoms with Gasteiger partial charge in [0.2, 0.25) is 5.91 Å². The average molecular weight is 242 g/mol. The molecule has 0 bridgehead atoms. The maximum absolute atomic E-state index is 12.0. The summed E-state index contributed by atoms with van der Waals surface area (Å²) in [4.78, 5) is 13.9. The minimum atomic E-state index is 0.00472. The first-order valence-corrected chi connectivity index (χ1v) is 6.66. The molecule has 0 aromatic carbocycles. The van der Waals surface area contributed by atoms with Crippen molar-refractivity contribution in [3.05, 3.63) is 0 Å². The van der Waals surface area contributed by atoms with Gasteiger partial charge in [0.25, 0.3) is 0 Å². The third kappa shape index (κ3) is 4.28. The molecule has 1 amide bonds. The second-order valence-electron chi connectivity index (χ2n) is 5.30. The average Bonchev–Trinajstić information content (AvgIpc) is 2.65. The molecule has 4 heteroatoms. The Balaban J connectivity index is 2.25. The van der Waals surface area contributed by atoms with Gasteiger partial charge < -0.3 is 9.64 Å². The molecule has 0 saturated carbocycles. The Hall–Kier alpha value is -0.610. The van der Waals surface area contributed by atoms with Gasteiger partial charge in [-0.2, -0.15) is 0 Å². The highest BCUT2D eigenvalue weighted by Crippen LogP contribution is 2.14. The molecule has 0 spiro atoms. The molecule has 1 fully saturated rings. The van der Waals surface area contributed by atoms with Crippen LogP contribution in [0, 0.1) is 11.8 Å². The minimum absolute atomic E-state index is 0.00472. The second kappa shape index (κ2) is 6.97. The van der Waals surface area contributed by atoms with E-state index in [1.807, 2.05) is 4.90 Å². The van der Waals surface area contributed by atoms with Gasteiger partial charge in [-0.05, 0) is 11.8 Å². The van der Waals surface area contributed by atoms with Crippen molar-refractivity contribution in [2.24, 2.45) is 11.8 Å². The third-order valence-electron chi connectivity index (χ3n) is 3.25. The zero-order chi connectivity index (χ0) is 12.8. The lowest BCUT2D eigenvalue weighted by atomic mass is 9.99. The van der Waals surface area contributed by atoms with Crippen molar-refractivity contribution in [3.63, 3.8) is 0 Å². The largest absolute Gasteiger partial charge is 0.379 e. The molecule has 1 aliphatic rings. The van der Waals surface area contributed by atoms with Crippen molar-refractivity contribution in [2.45, 2.75) is 40.2 Å². The molecule has 2 unspecified atom stereocenters. The van der Waals surface area contributed by atoms with E-state index in [1.165, 1.54) is 0 Å². The smallest absolute Gasteiger partial charge is 0.241 e. The molecule has 4 nitrogen and oxygen atoms in total. The number of hydrogen-bond acceptors (Lipinski definition) is 3. The van der Waals surface area contributed by atoms with Gasteiger partial charge in [0.1, 0.15) is 0 Å². The lowest BCUT2D eigenvalue weighted by Gasteiger charge is -2.18. The fourth-order valence-electron chi connectivity index (χ4n) is 1.93. The summed E-state index contributed by atoms with van der Waals surface area (Å²) >= 11 is 0. The van der Waals surface area contributed by atoms with E-state index in [4.69, 9.17) is 4.74 Å². The number of nitrogens with zero attached hydrogens (tertiary/aromatic N) is 1. The van der Waals surface area contributed by atoms with Crippen LogP contribution in [-0.2, 0) is 9.53 Å². The van der Waals surface area contributed by atoms with Crippen molar-refractivity contribution < 1.29 is 9.53 Å². The van der Waals surface area contributed by atoms with Crippen molar-refractivity contribution >= 4 is 5.91 Å². The number of amides is 1. The van der Waals surface area contributed by atoms with Crippen molar-refractivity contribution in [2.75, 3.05) is 26.4 Å². The molecule has 0 aromatic rings. The molecular formula is C13H26N2O2. The predicted octanol–water partition coefficient (Wildman–Crippen LogP) is 1.46. The summed E-state index contributed by atoms with van der Waals surface area (Å²) < 4.78 is 5.51. The summed E-state index contributed by atoms with van der Waals surface area (Å²) in [5.41, 5.74) is 0. The van der Waals surface area contributed by atoms with Crippen LogP contribution in [0.1, 0.15) is 34.1 Å². The van der Waals surface area contributed by atoms with Crippen LogP contribution in [0.15, 0.2) is 0 Å². The van der Waals surface area contributed by atoms with Crippen LogP contribution in [0.25, 0.3) is 0 Å². The summed E-state index contributed by atoms with van der Waals surface area (Å²) in [6.07, 6.45) is 1.03. The first-order valence-electron chi connectivity index (χ1n) is 6.66. The van der Waals surface area contributed by atoms with Gasteiger partial charge in [-0.15, -0.1) is 0 Å². The van der Waals surface area contributed by atoms with Crippen LogP contribution in [0.2, 0.25) is 0 Å². The standard InChI is InChI=1S/C13H26N2O2/c1-5-11(4)12-13(16)15(9-14-12)6-7-17-8-10(2)3/h10-12,14H,5-9H2,1-4H3. The SMILES string of the molecule is CCC(C)C1NCN(CCOCC(C)C)C1=O. The van der Waals surface area contributed by atoms with Gasteiger partial charge >= 0.3 is 0 Å². The van der Waals surface area contributed by atoms with Gasteiger partial charge in [-0.1, -0.05) is 34.1 Å². The fourth-order valence-corrected chi connectivity index (χ4v) is 1.93. The summed E-state index contributed by atoms with van der Waals surface area (Å²) in [6.45, 7) is 11.3. The van der Waals surface area contributed by atoms with E-state index in [1.54, 1.807) is 0 Å². The molecule has 1 rings (SSSR count). The summed E-state index contributed by atoms with van der Waals surface area (Å²) in [7, 11) is 0. The molecule has 2 atom stereocenters. The summed E-state index contributed by atoms with van der Waals surface area (Å²) in [5.74, 6) is 1.19. The quantitative estimate of drug-likeness (QED) is 0.687. The molecule has 0 aliphatic carbocycles. The predicted molar refractivity (Wildman–Crippen MR) is 68.6 cm³/mol. The molecule has 1 heterocycles. The Morgan fingerprint density at radius 1 is 1.47 bits per heavy atom. The summed E-state index contributed by atoms with van der Waals surface area (Å²) in [6, 6.07) is 0.00472. The number of hydrogen-bond donors (Lipinski definition) is 1. The van der Waals surface area contributed by atoms with Gasteiger partial charge in [0.05, 0.1) is 19.3 Å². The van der Waals surface area contributed by atoms with Crippen LogP contribution in [0.5, 0.6) is 0 Å². The maximum atomic E-state index is 12.0. The minimum Gasteiger partial charge on any atom is -0.379 e. The molecule has 1 N–H and O–H groups in total. The van der Waals surface area contributed by atoms with E-state index in [0.717, 1.165) is 13.0 Å². The van der Waals surface area contributed by atoms with Crippen LogP contribution < -0.4 is 5.32 Å². The number of ether oxygens (including phenoxy) is 1. The van der Waals surface area contributed by atoms with Crippen LogP contribution in [0.3, 0.4) is 0 Å². The highest BCUT2D eigenvalue weighted by molar-refractivity contribution is 5.84. The molecule has 0 aromatic heterocycles. The maximum Gasteiger partial charge on any atom is 0.241 e. The van der Waals surface area contributed by atoms with Crippen LogP contribution in [-0.4, -0.2) is 43.3 Å². The van der Waals surface area contributed by atoms with Gasteiger partial charge in [0.15, 0.2) is 0 Å². The van der Waals surface area contributed by atoms with E-state index >= 15 is 0 Å². The Labute approximate surface area is 105 Å². The highest BCUT2D eigenvalue weighted by Gasteiger charge is 2.33. The van der Waals surface area contributed by atoms with E-state index < -0.39 is 0 Å². The Morgan fingerprint density at radius 2 is 2.18 bits per heavy atom. The fraction of sp³-hybridized carbons (Fsp3) is 0.923. The van der Waals surface area contributed by atoms with Gasteiger partial charge in [-0.25, -0.2) is 0 Å². The first-order chi connectivity index (χ1) is 8.06. The normalized spacial score (nSPS) is 22.5. The highest BCUT2D eigenvalue weighted by atomic mass is 16.5. The Morgan fingerprint density at radius 3 is 2.76 bits per heavy atom.